The van der Waals surface area contributed by atoms with Crippen LogP contribution in [0.3, 0.4) is 0 Å². The van der Waals surface area contributed by atoms with Crippen LogP contribution in [0.25, 0.3) is 17.2 Å². The predicted molar refractivity (Wildman–Crippen MR) is 347 cm³/mol. The number of rotatable bonds is 4. The number of allylic oxidation sites excluding steroid dienone is 1. The Labute approximate surface area is 487 Å². The van der Waals surface area contributed by atoms with Gasteiger partial charge < -0.3 is 9.80 Å². The monoisotopic (exact) mass is 1080 g/mol. The molecule has 0 bridgehead atoms. The van der Waals surface area contributed by atoms with Crippen molar-refractivity contribution in [2.45, 2.75) is 239 Å². The van der Waals surface area contributed by atoms with Gasteiger partial charge in [0, 0.05) is 43.5 Å². The molecule has 80 heavy (non-hydrogen) atoms. The van der Waals surface area contributed by atoms with Crippen molar-refractivity contribution in [2.24, 2.45) is 16.7 Å². The van der Waals surface area contributed by atoms with Crippen molar-refractivity contribution in [3.63, 3.8) is 0 Å². The standard InChI is InChI=1S/C76H93BN2S/c1-69(2)29-30-70(3,4)53-39-49(27-28-52(53)69)78-63-37-48(46-23-19-17-20-24-46)38-64-66(63)77(68-67(78)51-41-55-59(45-65(51)80-68)76(15,16)36-32-72(55,7)8)60-42-56-58(75(13,14)35-33-73(56,9)10)44-62(60)79(64)61-43-57-54(71(5,6)31-34-74(57,11)12)40-50(61)47-25-21-18-22-26-47/h18,21-22,25-28,37-44,46,59H,17,19-20,23-24,29-36,45H2,1-16H3. The molecule has 0 N–H and O–H groups in total. The van der Waals surface area contributed by atoms with E-state index in [0.29, 0.717) is 11.8 Å². The molecule has 3 heterocycles. The lowest BCUT2D eigenvalue weighted by Gasteiger charge is -2.50. The van der Waals surface area contributed by atoms with Crippen LogP contribution in [0.15, 0.2) is 90.5 Å². The molecule has 1 unspecified atom stereocenters. The predicted octanol–water partition coefficient (Wildman–Crippen LogP) is 20.0. The smallest absolute Gasteiger partial charge is 0.264 e. The van der Waals surface area contributed by atoms with Gasteiger partial charge in [-0.2, -0.15) is 11.3 Å². The molecule has 0 spiro atoms. The van der Waals surface area contributed by atoms with Gasteiger partial charge in [0.05, 0.1) is 11.4 Å². The van der Waals surface area contributed by atoms with E-state index in [9.17, 15) is 0 Å². The molecule has 2 nitrogen and oxygen atoms in total. The van der Waals surface area contributed by atoms with E-state index >= 15 is 0 Å². The first-order chi connectivity index (χ1) is 37.6. The minimum absolute atomic E-state index is 0.0343. The van der Waals surface area contributed by atoms with Crippen LogP contribution in [0.4, 0.5) is 34.1 Å². The Morgan fingerprint density at radius 3 is 1.61 bits per heavy atom. The van der Waals surface area contributed by atoms with Crippen LogP contribution in [0, 0.1) is 16.7 Å². The summed E-state index contributed by atoms with van der Waals surface area (Å²) >= 11 is 2.20. The number of thiophene rings is 1. The average molecular weight is 1080 g/mol. The van der Waals surface area contributed by atoms with Crippen LogP contribution in [0.1, 0.15) is 250 Å². The highest BCUT2D eigenvalue weighted by Gasteiger charge is 2.53. The van der Waals surface area contributed by atoms with E-state index in [1.54, 1.807) is 31.9 Å². The van der Waals surface area contributed by atoms with Crippen molar-refractivity contribution in [3.05, 3.63) is 140 Å². The van der Waals surface area contributed by atoms with Gasteiger partial charge in [-0.25, -0.2) is 0 Å². The minimum Gasteiger partial charge on any atom is -0.311 e. The summed E-state index contributed by atoms with van der Waals surface area (Å²) in [6.45, 7) is 40.8. The molecule has 2 saturated carbocycles. The third kappa shape index (κ3) is 7.87. The van der Waals surface area contributed by atoms with E-state index in [4.69, 9.17) is 0 Å². The Morgan fingerprint density at radius 1 is 0.475 bits per heavy atom. The molecule has 0 saturated heterocycles. The fourth-order valence-corrected chi connectivity index (χ4v) is 19.1. The second-order valence-electron chi connectivity index (χ2n) is 32.6. The molecule has 6 aromatic rings. The normalized spacial score (nSPS) is 24.4. The largest absolute Gasteiger partial charge is 0.311 e. The van der Waals surface area contributed by atoms with Crippen molar-refractivity contribution in [1.82, 2.24) is 0 Å². The number of fused-ring (bicyclic) bond motifs is 10. The molecule has 1 atom stereocenters. The van der Waals surface area contributed by atoms with Crippen LogP contribution in [-0.2, 0) is 38.9 Å². The van der Waals surface area contributed by atoms with E-state index in [1.807, 2.05) is 0 Å². The SMILES string of the molecule is CC1(C)CCC(C)(C)C2Cc3sc4c(c3C=C21)N(c1ccc2c(c1)C(C)(C)CCC2(C)C)c1cc(C2CCCCC2)cc2c1B4c1cc3c(cc1N2c1cc2c(cc1-c1ccccc1)C(C)(C)CCC2(C)C)C(C)(C)CCC3(C)C. The highest BCUT2D eigenvalue weighted by atomic mass is 32.1. The zero-order chi connectivity index (χ0) is 56.2. The van der Waals surface area contributed by atoms with Crippen molar-refractivity contribution < 1.29 is 0 Å². The summed E-state index contributed by atoms with van der Waals surface area (Å²) in [5.41, 5.74) is 28.9. The molecule has 416 valence electrons. The van der Waals surface area contributed by atoms with Crippen LogP contribution in [-0.4, -0.2) is 6.71 Å². The second kappa shape index (κ2) is 17.4. The summed E-state index contributed by atoms with van der Waals surface area (Å²) in [5, 5.41) is 0. The Morgan fingerprint density at radius 2 is 1.00 bits per heavy atom. The van der Waals surface area contributed by atoms with Gasteiger partial charge in [-0.15, -0.1) is 0 Å². The van der Waals surface area contributed by atoms with Gasteiger partial charge in [-0.05, 0) is 224 Å². The molecule has 5 aromatic carbocycles. The molecule has 1 aromatic heterocycles. The number of anilines is 6. The topological polar surface area (TPSA) is 6.48 Å². The molecule has 2 aliphatic heterocycles. The maximum Gasteiger partial charge on any atom is 0.264 e. The lowest BCUT2D eigenvalue weighted by molar-refractivity contribution is 0.124. The molecule has 2 fully saturated rings. The Balaban J connectivity index is 1.15. The van der Waals surface area contributed by atoms with Gasteiger partial charge in [0.1, 0.15) is 0 Å². The zero-order valence-corrected chi connectivity index (χ0v) is 52.9. The van der Waals surface area contributed by atoms with E-state index in [0.717, 1.165) is 6.42 Å². The van der Waals surface area contributed by atoms with Gasteiger partial charge in [0.2, 0.25) is 0 Å². The van der Waals surface area contributed by atoms with E-state index < -0.39 is 0 Å². The summed E-state index contributed by atoms with van der Waals surface area (Å²) in [7, 11) is 0. The summed E-state index contributed by atoms with van der Waals surface area (Å²) in [5.74, 6) is 1.05. The van der Waals surface area contributed by atoms with Gasteiger partial charge in [-0.1, -0.05) is 184 Å². The fraction of sp³-hybridized carbons (Fsp3) is 0.526. The zero-order valence-electron chi connectivity index (χ0n) is 52.1. The lowest BCUT2D eigenvalue weighted by Crippen LogP contribution is -2.61. The van der Waals surface area contributed by atoms with Crippen molar-refractivity contribution in [2.75, 3.05) is 9.80 Å². The summed E-state index contributed by atoms with van der Waals surface area (Å²) < 4.78 is 1.56. The number of benzene rings is 5. The third-order valence-corrected chi connectivity index (χ3v) is 24.9. The van der Waals surface area contributed by atoms with Crippen LogP contribution >= 0.6 is 11.3 Å². The Hall–Kier alpha value is -4.80. The van der Waals surface area contributed by atoms with Crippen LogP contribution in [0.2, 0.25) is 0 Å². The molecule has 4 heteroatoms. The number of nitrogens with zero attached hydrogens (tertiary/aromatic N) is 2. The summed E-state index contributed by atoms with van der Waals surface area (Å²) in [6, 6.07) is 35.9. The molecule has 6 aliphatic carbocycles. The van der Waals surface area contributed by atoms with E-state index in [2.05, 4.69) is 223 Å². The number of hydrogen-bond acceptors (Lipinski definition) is 3. The Kier molecular flexibility index (Phi) is 11.6. The first-order valence-electron chi connectivity index (χ1n) is 31.8. The maximum absolute atomic E-state index is 2.90. The molecule has 14 rings (SSSR count). The fourth-order valence-electron chi connectivity index (χ4n) is 17.7. The summed E-state index contributed by atoms with van der Waals surface area (Å²) in [4.78, 5) is 7.40. The first-order valence-corrected chi connectivity index (χ1v) is 32.6. The summed E-state index contributed by atoms with van der Waals surface area (Å²) in [6.07, 6.45) is 20.1. The van der Waals surface area contributed by atoms with Crippen molar-refractivity contribution >= 4 is 74.0 Å². The van der Waals surface area contributed by atoms with E-state index in [1.165, 1.54) is 167 Å². The maximum atomic E-state index is 2.90. The minimum atomic E-state index is 0.0343. The van der Waals surface area contributed by atoms with Crippen LogP contribution in [0.5, 0.6) is 0 Å². The van der Waals surface area contributed by atoms with Gasteiger partial charge >= 0.3 is 0 Å². The lowest BCUT2D eigenvalue weighted by atomic mass is 9.35. The molecule has 0 radical (unpaired) electrons. The molecule has 8 aliphatic rings. The van der Waals surface area contributed by atoms with Crippen molar-refractivity contribution in [3.8, 4) is 11.1 Å². The van der Waals surface area contributed by atoms with Crippen LogP contribution < -0.4 is 25.5 Å². The third-order valence-electron chi connectivity index (χ3n) is 23.6. The van der Waals surface area contributed by atoms with Gasteiger partial charge in [0.25, 0.3) is 6.71 Å². The number of hydrogen-bond donors (Lipinski definition) is 0. The second-order valence-corrected chi connectivity index (χ2v) is 33.7. The molecular weight excluding hydrogens is 984 g/mol. The highest BCUT2D eigenvalue weighted by molar-refractivity contribution is 7.29. The molecule has 0 amide bonds. The molecular formula is C76H93BN2S. The van der Waals surface area contributed by atoms with Gasteiger partial charge in [-0.3, -0.25) is 0 Å². The van der Waals surface area contributed by atoms with Gasteiger partial charge in [0.15, 0.2) is 0 Å². The highest BCUT2D eigenvalue weighted by Crippen LogP contribution is 2.61. The first kappa shape index (κ1) is 53.2. The van der Waals surface area contributed by atoms with Crippen molar-refractivity contribution in [1.29, 1.82) is 0 Å². The average Bonchev–Trinajstić information content (AvgIpc) is 3.96. The quantitative estimate of drug-likeness (QED) is 0.162. The van der Waals surface area contributed by atoms with E-state index in [-0.39, 0.29) is 50.0 Å². The Bertz CT molecular complexity index is 3600.